The lowest BCUT2D eigenvalue weighted by molar-refractivity contribution is 0.0663. The first-order chi connectivity index (χ1) is 10.0. The molecule has 1 saturated heterocycles. The number of urea groups is 1. The Hall–Kier alpha value is -2.05. The fraction of sp³-hybridized carbons (Fsp3) is 0.643. The van der Waals surface area contributed by atoms with E-state index in [1.54, 1.807) is 23.6 Å². The Bertz CT molecular complexity index is 499. The smallest absolute Gasteiger partial charge is 0.317 e. The van der Waals surface area contributed by atoms with Gasteiger partial charge in [-0.05, 0) is 20.3 Å². The van der Waals surface area contributed by atoms with Gasteiger partial charge in [0.15, 0.2) is 0 Å². The second-order valence-electron chi connectivity index (χ2n) is 5.21. The number of aromatic nitrogens is 1. The number of piperazine rings is 1. The van der Waals surface area contributed by atoms with Gasteiger partial charge >= 0.3 is 6.03 Å². The zero-order valence-corrected chi connectivity index (χ0v) is 12.8. The summed E-state index contributed by atoms with van der Waals surface area (Å²) in [5.74, 6) is 0.473. The van der Waals surface area contributed by atoms with E-state index in [2.05, 4.69) is 10.5 Å². The number of hydrogen-bond donors (Lipinski definition) is 1. The van der Waals surface area contributed by atoms with Crippen molar-refractivity contribution in [1.82, 2.24) is 20.3 Å². The van der Waals surface area contributed by atoms with Gasteiger partial charge in [0.05, 0.1) is 5.69 Å². The first kappa shape index (κ1) is 15.3. The lowest BCUT2D eigenvalue weighted by Gasteiger charge is -2.34. The maximum atomic E-state index is 12.5. The summed E-state index contributed by atoms with van der Waals surface area (Å²) in [6.07, 6.45) is 0.913. The predicted molar refractivity (Wildman–Crippen MR) is 77.1 cm³/mol. The number of rotatable bonds is 3. The Balaban J connectivity index is 1.92. The Labute approximate surface area is 124 Å². The van der Waals surface area contributed by atoms with Crippen molar-refractivity contribution in [3.63, 3.8) is 0 Å². The summed E-state index contributed by atoms with van der Waals surface area (Å²) in [5.41, 5.74) is 1.15. The Morgan fingerprint density at radius 1 is 1.19 bits per heavy atom. The summed E-state index contributed by atoms with van der Waals surface area (Å²) >= 11 is 0. The van der Waals surface area contributed by atoms with Crippen LogP contribution in [0.5, 0.6) is 0 Å². The molecule has 0 saturated carbocycles. The zero-order valence-electron chi connectivity index (χ0n) is 12.8. The minimum Gasteiger partial charge on any atom is -0.361 e. The standard InChI is InChI=1S/C14H22N4O3/c1-4-5-15-14(20)18-8-6-17(7-9-18)13(19)12-10(2)16-21-11(12)3/h4-9H2,1-3H3,(H,15,20). The number of amides is 3. The maximum Gasteiger partial charge on any atom is 0.317 e. The highest BCUT2D eigenvalue weighted by molar-refractivity contribution is 5.96. The van der Waals surface area contributed by atoms with Gasteiger partial charge < -0.3 is 19.6 Å². The predicted octanol–water partition coefficient (Wildman–Crippen LogP) is 1.17. The second kappa shape index (κ2) is 6.60. The van der Waals surface area contributed by atoms with E-state index in [0.29, 0.717) is 49.7 Å². The molecule has 2 heterocycles. The first-order valence-corrected chi connectivity index (χ1v) is 7.29. The largest absolute Gasteiger partial charge is 0.361 e. The fourth-order valence-corrected chi connectivity index (χ4v) is 2.40. The van der Waals surface area contributed by atoms with E-state index in [-0.39, 0.29) is 11.9 Å². The number of carbonyl (C=O) groups is 2. The monoisotopic (exact) mass is 294 g/mol. The molecule has 1 fully saturated rings. The molecule has 0 unspecified atom stereocenters. The van der Waals surface area contributed by atoms with Crippen molar-refractivity contribution in [1.29, 1.82) is 0 Å². The summed E-state index contributed by atoms with van der Waals surface area (Å²) in [4.78, 5) is 27.8. The molecule has 0 aromatic carbocycles. The summed E-state index contributed by atoms with van der Waals surface area (Å²) in [5, 5.41) is 6.66. The zero-order chi connectivity index (χ0) is 15.4. The van der Waals surface area contributed by atoms with E-state index in [1.165, 1.54) is 0 Å². The van der Waals surface area contributed by atoms with Crippen molar-refractivity contribution >= 4 is 11.9 Å². The van der Waals surface area contributed by atoms with Crippen LogP contribution in [0.25, 0.3) is 0 Å². The van der Waals surface area contributed by atoms with Gasteiger partial charge in [0.1, 0.15) is 11.3 Å². The highest BCUT2D eigenvalue weighted by Gasteiger charge is 2.28. The molecule has 2 rings (SSSR count). The number of carbonyl (C=O) groups excluding carboxylic acids is 2. The van der Waals surface area contributed by atoms with E-state index in [4.69, 9.17) is 4.52 Å². The number of hydrogen-bond acceptors (Lipinski definition) is 4. The van der Waals surface area contributed by atoms with Crippen molar-refractivity contribution in [3.05, 3.63) is 17.0 Å². The normalized spacial score (nSPS) is 15.2. The van der Waals surface area contributed by atoms with Crippen LogP contribution in [0.3, 0.4) is 0 Å². The molecule has 0 aliphatic carbocycles. The molecular formula is C14H22N4O3. The molecule has 1 N–H and O–H groups in total. The van der Waals surface area contributed by atoms with Gasteiger partial charge in [-0.3, -0.25) is 4.79 Å². The van der Waals surface area contributed by atoms with Crippen molar-refractivity contribution in [2.75, 3.05) is 32.7 Å². The van der Waals surface area contributed by atoms with Gasteiger partial charge in [-0.1, -0.05) is 12.1 Å². The molecular weight excluding hydrogens is 272 g/mol. The number of aryl methyl sites for hydroxylation is 2. The maximum absolute atomic E-state index is 12.5. The lowest BCUT2D eigenvalue weighted by Crippen LogP contribution is -2.53. The highest BCUT2D eigenvalue weighted by Crippen LogP contribution is 2.16. The molecule has 3 amide bonds. The summed E-state index contributed by atoms with van der Waals surface area (Å²) in [6.45, 7) is 8.34. The van der Waals surface area contributed by atoms with Crippen LogP contribution in [0.2, 0.25) is 0 Å². The quantitative estimate of drug-likeness (QED) is 0.907. The molecule has 1 aromatic heterocycles. The molecule has 0 radical (unpaired) electrons. The Morgan fingerprint density at radius 2 is 1.81 bits per heavy atom. The summed E-state index contributed by atoms with van der Waals surface area (Å²) in [7, 11) is 0. The van der Waals surface area contributed by atoms with E-state index in [9.17, 15) is 9.59 Å². The summed E-state index contributed by atoms with van der Waals surface area (Å²) < 4.78 is 5.04. The summed E-state index contributed by atoms with van der Waals surface area (Å²) in [6, 6.07) is -0.0544. The third kappa shape index (κ3) is 3.34. The van der Waals surface area contributed by atoms with Gasteiger partial charge in [0.25, 0.3) is 5.91 Å². The van der Waals surface area contributed by atoms with Crippen LogP contribution in [0, 0.1) is 13.8 Å². The highest BCUT2D eigenvalue weighted by atomic mass is 16.5. The molecule has 1 aliphatic rings. The van der Waals surface area contributed by atoms with Gasteiger partial charge in [-0.2, -0.15) is 0 Å². The number of nitrogens with zero attached hydrogens (tertiary/aromatic N) is 3. The van der Waals surface area contributed by atoms with Crippen LogP contribution < -0.4 is 5.32 Å². The minimum absolute atomic E-state index is 0.0544. The van der Waals surface area contributed by atoms with Crippen LogP contribution in [0.4, 0.5) is 4.79 Å². The van der Waals surface area contributed by atoms with E-state index >= 15 is 0 Å². The van der Waals surface area contributed by atoms with Crippen LogP contribution in [0.1, 0.15) is 35.2 Å². The van der Waals surface area contributed by atoms with Crippen molar-refractivity contribution in [2.45, 2.75) is 27.2 Å². The van der Waals surface area contributed by atoms with Gasteiger partial charge in [0, 0.05) is 32.7 Å². The van der Waals surface area contributed by atoms with E-state index < -0.39 is 0 Å². The van der Waals surface area contributed by atoms with Crippen molar-refractivity contribution in [2.24, 2.45) is 0 Å². The van der Waals surface area contributed by atoms with Gasteiger partial charge in [-0.15, -0.1) is 0 Å². The van der Waals surface area contributed by atoms with E-state index in [0.717, 1.165) is 6.42 Å². The van der Waals surface area contributed by atoms with Crippen LogP contribution in [0.15, 0.2) is 4.52 Å². The molecule has 1 aliphatic heterocycles. The number of nitrogens with one attached hydrogen (secondary N) is 1. The molecule has 7 heteroatoms. The first-order valence-electron chi connectivity index (χ1n) is 7.29. The Morgan fingerprint density at radius 3 is 2.33 bits per heavy atom. The second-order valence-corrected chi connectivity index (χ2v) is 5.21. The molecule has 21 heavy (non-hydrogen) atoms. The minimum atomic E-state index is -0.0696. The third-order valence-corrected chi connectivity index (χ3v) is 3.63. The SMILES string of the molecule is CCCNC(=O)N1CCN(C(=O)c2c(C)noc2C)CC1. The molecule has 0 atom stereocenters. The fourth-order valence-electron chi connectivity index (χ4n) is 2.40. The molecule has 0 bridgehead atoms. The van der Waals surface area contributed by atoms with Crippen molar-refractivity contribution < 1.29 is 14.1 Å². The van der Waals surface area contributed by atoms with Gasteiger partial charge in [0.2, 0.25) is 0 Å². The lowest BCUT2D eigenvalue weighted by atomic mass is 10.1. The molecule has 1 aromatic rings. The average molecular weight is 294 g/mol. The molecule has 116 valence electrons. The average Bonchev–Trinajstić information content (AvgIpc) is 2.83. The third-order valence-electron chi connectivity index (χ3n) is 3.63. The molecule has 7 nitrogen and oxygen atoms in total. The Kier molecular flexibility index (Phi) is 4.82. The topological polar surface area (TPSA) is 78.7 Å². The van der Waals surface area contributed by atoms with Crippen LogP contribution >= 0.6 is 0 Å². The van der Waals surface area contributed by atoms with E-state index in [1.807, 2.05) is 6.92 Å². The van der Waals surface area contributed by atoms with Crippen molar-refractivity contribution in [3.8, 4) is 0 Å². The van der Waals surface area contributed by atoms with Crippen LogP contribution in [-0.2, 0) is 0 Å². The van der Waals surface area contributed by atoms with Crippen LogP contribution in [-0.4, -0.2) is 59.6 Å². The van der Waals surface area contributed by atoms with Gasteiger partial charge in [-0.25, -0.2) is 4.79 Å². The molecule has 0 spiro atoms.